The molecule has 3 N–H and O–H groups in total. The maximum Gasteiger partial charge on any atom is 0.330 e. The molecule has 1 rings (SSSR count). The number of hydrogen-bond acceptors (Lipinski definition) is 5. The van der Waals surface area contributed by atoms with E-state index in [0.717, 1.165) is 11.3 Å². The highest BCUT2D eigenvalue weighted by Gasteiger charge is 2.01. The fourth-order valence-electron chi connectivity index (χ4n) is 0.851. The Morgan fingerprint density at radius 3 is 3.21 bits per heavy atom. The normalized spacial score (nSPS) is 15.9. The summed E-state index contributed by atoms with van der Waals surface area (Å²) in [5.41, 5.74) is 7.34. The topological polar surface area (TPSA) is 64.3 Å². The minimum Gasteiger partial charge on any atom is -0.466 e. The van der Waals surface area contributed by atoms with Crippen LogP contribution in [0.15, 0.2) is 34.9 Å². The number of rotatable bonds is 3. The molecule has 0 unspecified atom stereocenters. The smallest absolute Gasteiger partial charge is 0.330 e. The maximum atomic E-state index is 10.8. The van der Waals surface area contributed by atoms with Crippen LogP contribution in [0.4, 0.5) is 0 Å². The lowest BCUT2D eigenvalue weighted by Gasteiger charge is -2.10. The lowest BCUT2D eigenvalue weighted by atomic mass is 10.2. The van der Waals surface area contributed by atoms with Gasteiger partial charge in [0.1, 0.15) is 0 Å². The van der Waals surface area contributed by atoms with Crippen molar-refractivity contribution in [2.24, 2.45) is 5.73 Å². The lowest BCUT2D eigenvalue weighted by molar-refractivity contribution is -0.134. The minimum absolute atomic E-state index is 0.374. The van der Waals surface area contributed by atoms with Crippen LogP contribution in [0.5, 0.6) is 0 Å². The van der Waals surface area contributed by atoms with Gasteiger partial charge in [-0.1, -0.05) is 0 Å². The van der Waals surface area contributed by atoms with Gasteiger partial charge in [0.05, 0.1) is 7.11 Å². The summed E-state index contributed by atoms with van der Waals surface area (Å²) < 4.78 is 7.48. The SMILES string of the molecule is COC(=O)/C=C/C1=CC(CN)=CSN1. The molecule has 5 heteroatoms. The Morgan fingerprint density at radius 1 is 1.79 bits per heavy atom. The Kier molecular flexibility index (Phi) is 4.28. The van der Waals surface area contributed by atoms with Crippen LogP contribution in [0, 0.1) is 0 Å². The van der Waals surface area contributed by atoms with E-state index < -0.39 is 0 Å². The maximum absolute atomic E-state index is 10.8. The number of nitrogens with one attached hydrogen (secondary N) is 1. The van der Waals surface area contributed by atoms with E-state index in [1.54, 1.807) is 6.08 Å². The molecule has 76 valence electrons. The van der Waals surface area contributed by atoms with Gasteiger partial charge in [-0.15, -0.1) is 0 Å². The van der Waals surface area contributed by atoms with Crippen molar-refractivity contribution in [2.45, 2.75) is 0 Å². The summed E-state index contributed by atoms with van der Waals surface area (Å²) >= 11 is 1.43. The highest BCUT2D eigenvalue weighted by Crippen LogP contribution is 2.15. The molecule has 0 atom stereocenters. The first kappa shape index (κ1) is 10.9. The molecular weight excluding hydrogens is 200 g/mol. The van der Waals surface area contributed by atoms with Gasteiger partial charge in [-0.3, -0.25) is 0 Å². The van der Waals surface area contributed by atoms with Gasteiger partial charge < -0.3 is 15.2 Å². The van der Waals surface area contributed by atoms with Crippen molar-refractivity contribution in [1.82, 2.24) is 4.72 Å². The number of methoxy groups -OCH3 is 1. The van der Waals surface area contributed by atoms with Gasteiger partial charge in [-0.25, -0.2) is 4.79 Å². The Bertz CT molecular complexity index is 308. The van der Waals surface area contributed by atoms with Crippen LogP contribution >= 0.6 is 11.9 Å². The van der Waals surface area contributed by atoms with Gasteiger partial charge in [0.15, 0.2) is 0 Å². The standard InChI is InChI=1S/C9H12N2O2S/c1-13-9(12)3-2-8-4-7(5-10)6-14-11-8/h2-4,6,11H,5,10H2,1H3/b3-2+. The molecule has 4 nitrogen and oxygen atoms in total. The number of carbonyl (C=O) groups is 1. The monoisotopic (exact) mass is 212 g/mol. The van der Waals surface area contributed by atoms with Crippen LogP contribution in [0.2, 0.25) is 0 Å². The highest BCUT2D eigenvalue weighted by molar-refractivity contribution is 8.00. The number of esters is 1. The fraction of sp³-hybridized carbons (Fsp3) is 0.222. The van der Waals surface area contributed by atoms with E-state index >= 15 is 0 Å². The Labute approximate surface area is 87.0 Å². The van der Waals surface area contributed by atoms with E-state index in [4.69, 9.17) is 5.73 Å². The Balaban J connectivity index is 2.61. The van der Waals surface area contributed by atoms with E-state index in [1.807, 2.05) is 11.5 Å². The van der Waals surface area contributed by atoms with Crippen molar-refractivity contribution in [1.29, 1.82) is 0 Å². The zero-order valence-electron chi connectivity index (χ0n) is 7.82. The first-order chi connectivity index (χ1) is 6.76. The number of ether oxygens (including phenoxy) is 1. The van der Waals surface area contributed by atoms with E-state index in [1.165, 1.54) is 25.1 Å². The molecule has 0 fully saturated rings. The van der Waals surface area contributed by atoms with Crippen LogP contribution in [0.25, 0.3) is 0 Å². The highest BCUT2D eigenvalue weighted by atomic mass is 32.2. The second-order valence-electron chi connectivity index (χ2n) is 2.57. The fourth-order valence-corrected chi connectivity index (χ4v) is 1.49. The van der Waals surface area contributed by atoms with Crippen molar-refractivity contribution < 1.29 is 9.53 Å². The van der Waals surface area contributed by atoms with E-state index in [2.05, 4.69) is 9.46 Å². The number of hydrogen-bond donors (Lipinski definition) is 2. The largest absolute Gasteiger partial charge is 0.466 e. The van der Waals surface area contributed by atoms with Gasteiger partial charge >= 0.3 is 5.97 Å². The van der Waals surface area contributed by atoms with Crippen molar-refractivity contribution in [3.8, 4) is 0 Å². The molecule has 0 saturated carbocycles. The third kappa shape index (κ3) is 3.27. The lowest BCUT2D eigenvalue weighted by Crippen LogP contribution is -2.10. The average Bonchev–Trinajstić information content (AvgIpc) is 2.26. The zero-order valence-corrected chi connectivity index (χ0v) is 8.64. The first-order valence-corrected chi connectivity index (χ1v) is 4.92. The van der Waals surface area contributed by atoms with E-state index in [9.17, 15) is 4.79 Å². The van der Waals surface area contributed by atoms with Crippen LogP contribution in [-0.4, -0.2) is 19.6 Å². The molecule has 0 amide bonds. The van der Waals surface area contributed by atoms with Gasteiger partial charge in [0.25, 0.3) is 0 Å². The summed E-state index contributed by atoms with van der Waals surface area (Å²) in [5, 5.41) is 1.93. The Morgan fingerprint density at radius 2 is 2.57 bits per heavy atom. The molecule has 0 radical (unpaired) electrons. The molecule has 1 heterocycles. The third-order valence-corrected chi connectivity index (χ3v) is 2.34. The summed E-state index contributed by atoms with van der Waals surface area (Å²) in [6.45, 7) is 0.490. The van der Waals surface area contributed by atoms with Gasteiger partial charge in [-0.05, 0) is 35.1 Å². The number of nitrogens with two attached hydrogens (primary N) is 1. The molecule has 0 aliphatic carbocycles. The minimum atomic E-state index is -0.374. The van der Waals surface area contributed by atoms with Crippen LogP contribution in [-0.2, 0) is 9.53 Å². The molecule has 0 aromatic heterocycles. The van der Waals surface area contributed by atoms with Crippen LogP contribution in [0.1, 0.15) is 0 Å². The molecule has 0 saturated heterocycles. The van der Waals surface area contributed by atoms with Gasteiger partial charge in [0, 0.05) is 18.3 Å². The van der Waals surface area contributed by atoms with E-state index in [-0.39, 0.29) is 5.97 Å². The summed E-state index contributed by atoms with van der Waals surface area (Å²) in [7, 11) is 1.34. The van der Waals surface area contributed by atoms with Crippen LogP contribution in [0.3, 0.4) is 0 Å². The average molecular weight is 212 g/mol. The van der Waals surface area contributed by atoms with Crippen molar-refractivity contribution in [3.63, 3.8) is 0 Å². The molecular formula is C9H12N2O2S. The predicted molar refractivity (Wildman–Crippen MR) is 57.1 cm³/mol. The van der Waals surface area contributed by atoms with E-state index in [0.29, 0.717) is 6.54 Å². The van der Waals surface area contributed by atoms with Crippen LogP contribution < -0.4 is 10.5 Å². The van der Waals surface area contributed by atoms with Crippen molar-refractivity contribution >= 4 is 17.9 Å². The van der Waals surface area contributed by atoms with Gasteiger partial charge in [-0.2, -0.15) is 0 Å². The third-order valence-electron chi connectivity index (χ3n) is 1.56. The molecule has 0 spiro atoms. The van der Waals surface area contributed by atoms with Gasteiger partial charge in [0.2, 0.25) is 0 Å². The molecule has 0 bridgehead atoms. The molecule has 1 aliphatic rings. The van der Waals surface area contributed by atoms with Crippen molar-refractivity contribution in [2.75, 3.05) is 13.7 Å². The zero-order chi connectivity index (χ0) is 10.4. The number of carbonyl (C=O) groups excluding carboxylic acids is 1. The summed E-state index contributed by atoms with van der Waals surface area (Å²) in [6, 6.07) is 0. The quantitative estimate of drug-likeness (QED) is 0.409. The molecule has 14 heavy (non-hydrogen) atoms. The predicted octanol–water partition coefficient (Wildman–Crippen LogP) is 0.694. The molecule has 1 aliphatic heterocycles. The summed E-state index contributed by atoms with van der Waals surface area (Å²) in [6.07, 6.45) is 4.90. The first-order valence-electron chi connectivity index (χ1n) is 4.04. The summed E-state index contributed by atoms with van der Waals surface area (Å²) in [5.74, 6) is -0.374. The van der Waals surface area contributed by atoms with Crippen molar-refractivity contribution in [3.05, 3.63) is 34.9 Å². The number of allylic oxidation sites excluding steroid dienone is 1. The molecule has 0 aromatic rings. The molecule has 0 aromatic carbocycles. The second-order valence-corrected chi connectivity index (χ2v) is 3.25. The second kappa shape index (κ2) is 5.51. The summed E-state index contributed by atoms with van der Waals surface area (Å²) in [4.78, 5) is 10.8. The Hall–Kier alpha value is -1.20.